The fourth-order valence-corrected chi connectivity index (χ4v) is 9.75. The number of carbonyl (C=O) groups is 8. The molecule has 23 heteroatoms. The molecule has 7 atom stereocenters. The molecule has 1 aromatic carbocycles. The average Bonchev–Trinajstić information content (AvgIpc) is 3.92. The average molecular weight is 1030 g/mol. The zero-order chi connectivity index (χ0) is 52.7. The molecule has 5 amide bonds. The van der Waals surface area contributed by atoms with Gasteiger partial charge in [0.05, 0.1) is 17.6 Å². The lowest BCUT2D eigenvalue weighted by Crippen LogP contribution is -2.48. The van der Waals surface area contributed by atoms with Gasteiger partial charge in [-0.15, -0.1) is 11.3 Å². The Hall–Kier alpha value is -5.38. The largest absolute Gasteiger partial charge is 0.481 e. The molecule has 0 saturated carbocycles. The molecule has 0 bridgehead atoms. The first kappa shape index (κ1) is 58.2. The number of amides is 5. The van der Waals surface area contributed by atoms with Gasteiger partial charge in [0.15, 0.2) is 18.7 Å². The second-order valence-electron chi connectivity index (χ2n) is 18.7. The number of ketones is 1. The van der Waals surface area contributed by atoms with Crippen LogP contribution in [0, 0.1) is 23.7 Å². The van der Waals surface area contributed by atoms with Gasteiger partial charge in [-0.05, 0) is 75.2 Å². The zero-order valence-corrected chi connectivity index (χ0v) is 43.4. The van der Waals surface area contributed by atoms with Crippen molar-refractivity contribution >= 4 is 72.1 Å². The molecule has 5 N–H and O–H groups in total. The van der Waals surface area contributed by atoms with Crippen LogP contribution in [0.25, 0.3) is 0 Å². The molecule has 21 nitrogen and oxygen atoms in total. The molecule has 2 aromatic rings. The number of carboxylic acid groups (broad SMARTS) is 1. The number of phosphoric ester groups is 1. The molecule has 2 unspecified atom stereocenters. The predicted octanol–water partition coefficient (Wildman–Crippen LogP) is 5.27. The van der Waals surface area contributed by atoms with Crippen LogP contribution in [0.5, 0.6) is 5.75 Å². The first-order chi connectivity index (χ1) is 33.4. The van der Waals surface area contributed by atoms with Crippen LogP contribution >= 0.6 is 19.2 Å². The van der Waals surface area contributed by atoms with Crippen molar-refractivity contribution in [3.8, 4) is 5.75 Å². The zero-order valence-electron chi connectivity index (χ0n) is 41.7. The number of anilines is 1. The number of ether oxygens (including phenoxy) is 2. The van der Waals surface area contributed by atoms with Gasteiger partial charge in [0.1, 0.15) is 16.5 Å². The number of rotatable bonds is 28. The molecule has 1 aromatic heterocycles. The minimum atomic E-state index is -4.93. The molecule has 2 aliphatic heterocycles. The van der Waals surface area contributed by atoms with Crippen LogP contribution in [0.1, 0.15) is 126 Å². The number of thiazole rings is 1. The van der Waals surface area contributed by atoms with Gasteiger partial charge < -0.3 is 39.9 Å². The number of aliphatic carboxylic acids is 1. The van der Waals surface area contributed by atoms with Crippen LogP contribution in [0.4, 0.5) is 5.69 Å². The summed E-state index contributed by atoms with van der Waals surface area (Å²) in [5.74, 6) is -5.84. The molecule has 1 saturated heterocycles. The second kappa shape index (κ2) is 26.9. The maximum Gasteiger partial charge on any atom is 0.472 e. The number of likely N-dealkylation sites (N-methyl/N-ethyl adjacent to an activating group) is 1. The van der Waals surface area contributed by atoms with Gasteiger partial charge in [-0.1, -0.05) is 53.5 Å². The molecule has 1 fully saturated rings. The highest BCUT2D eigenvalue weighted by Gasteiger charge is 2.38. The van der Waals surface area contributed by atoms with Gasteiger partial charge in [-0.25, -0.2) is 14.1 Å². The minimum Gasteiger partial charge on any atom is -0.481 e. The third-order valence-electron chi connectivity index (χ3n) is 12.9. The van der Waals surface area contributed by atoms with Gasteiger partial charge in [-0.2, -0.15) is 0 Å². The SMILES string of the molecule is CC[C@H](C)C(CC(=O)[C@H]1CCCCN1C)C(=O)N(C)[C@H](C[C@@H](OC(C)=O)c1nc(C(=O)N[C@@H](Cc2ccc(OCOP(=O)(O)O)c(NC(=O)CCCN3C(=O)C=CC3=O)c2)CC(C)C(=O)O)cs1)C(C)C. The molecular formula is C48H69N6O15PS. The number of nitrogens with one attached hydrogen (secondary N) is 2. The number of carbonyl (C=O) groups excluding carboxylic acids is 7. The van der Waals surface area contributed by atoms with Crippen LogP contribution in [0.15, 0.2) is 35.7 Å². The maximum atomic E-state index is 14.4. The summed E-state index contributed by atoms with van der Waals surface area (Å²) in [6.07, 6.45) is 4.90. The van der Waals surface area contributed by atoms with E-state index in [-0.39, 0.29) is 96.8 Å². The first-order valence-electron chi connectivity index (χ1n) is 23.8. The fourth-order valence-electron chi connectivity index (χ4n) is 8.73. The van der Waals surface area contributed by atoms with Gasteiger partial charge in [-0.3, -0.25) is 48.2 Å². The number of hydrogen-bond acceptors (Lipinski definition) is 15. The van der Waals surface area contributed by atoms with Crippen molar-refractivity contribution < 1.29 is 71.8 Å². The lowest BCUT2D eigenvalue weighted by molar-refractivity contribution is -0.150. The van der Waals surface area contributed by atoms with Crippen molar-refractivity contribution in [2.45, 2.75) is 130 Å². The fraction of sp³-hybridized carbons (Fsp3) is 0.604. The highest BCUT2D eigenvalue weighted by molar-refractivity contribution is 7.46. The number of piperidine rings is 1. The van der Waals surface area contributed by atoms with E-state index < -0.39 is 80.2 Å². The normalized spacial score (nSPS) is 17.8. The highest BCUT2D eigenvalue weighted by Crippen LogP contribution is 2.37. The molecule has 2 aliphatic rings. The van der Waals surface area contributed by atoms with E-state index in [0.29, 0.717) is 12.0 Å². The Morgan fingerprint density at radius 3 is 2.32 bits per heavy atom. The molecule has 0 radical (unpaired) electrons. The van der Waals surface area contributed by atoms with E-state index in [4.69, 9.17) is 19.3 Å². The standard InChI is InChI=1S/C48H69N6O15PS/c1-9-29(4)34(24-39(56)37-13-10-11-19-52(37)7)47(61)53(8)38(28(2)3)25-41(69-31(6)55)46-51-36(26-71-46)45(60)49-33(21-30(5)48(62)63)22-32-15-16-40(67-27-68-70(64,65)66)35(23-32)50-42(57)14-12-20-54-43(58)17-18-44(54)59/h15-18,23,26,28-30,33-34,37-38,41H,9-14,19-22,24-25,27H2,1-8H3,(H,49,60)(H,50,57)(H,62,63)(H2,64,65,66)/t29-,30?,33+,34?,37+,38+,41+/m0/s1. The second-order valence-corrected chi connectivity index (χ2v) is 20.8. The van der Waals surface area contributed by atoms with E-state index in [0.717, 1.165) is 54.2 Å². The van der Waals surface area contributed by atoms with Gasteiger partial charge in [0, 0.05) is 75.3 Å². The number of imide groups is 1. The summed E-state index contributed by atoms with van der Waals surface area (Å²) in [7, 11) is -1.29. The predicted molar refractivity (Wildman–Crippen MR) is 261 cm³/mol. The topological polar surface area (TPSA) is 289 Å². The van der Waals surface area contributed by atoms with Crippen molar-refractivity contribution in [1.82, 2.24) is 25.0 Å². The smallest absolute Gasteiger partial charge is 0.472 e. The Balaban J connectivity index is 1.54. The Morgan fingerprint density at radius 2 is 1.72 bits per heavy atom. The minimum absolute atomic E-state index is 0.0156. The summed E-state index contributed by atoms with van der Waals surface area (Å²) < 4.78 is 27.0. The Bertz CT molecular complexity index is 2300. The van der Waals surface area contributed by atoms with E-state index in [2.05, 4.69) is 25.0 Å². The summed E-state index contributed by atoms with van der Waals surface area (Å²) in [5.41, 5.74) is 0.468. The Morgan fingerprint density at radius 1 is 1.03 bits per heavy atom. The lowest BCUT2D eigenvalue weighted by atomic mass is 9.83. The first-order valence-corrected chi connectivity index (χ1v) is 26.2. The Kier molecular flexibility index (Phi) is 22.0. The van der Waals surface area contributed by atoms with Crippen LogP contribution in [-0.2, 0) is 53.8 Å². The van der Waals surface area contributed by atoms with Crippen LogP contribution in [0.3, 0.4) is 0 Å². The lowest BCUT2D eigenvalue weighted by Gasteiger charge is -2.37. The van der Waals surface area contributed by atoms with Crippen LogP contribution in [0.2, 0.25) is 0 Å². The van der Waals surface area contributed by atoms with Gasteiger partial charge >= 0.3 is 19.8 Å². The van der Waals surface area contributed by atoms with E-state index in [1.807, 2.05) is 34.7 Å². The van der Waals surface area contributed by atoms with Crippen LogP contribution in [-0.4, -0.2) is 134 Å². The van der Waals surface area contributed by atoms with E-state index >= 15 is 0 Å². The number of likely N-dealkylation sites (tertiary alicyclic amines) is 1. The quantitative estimate of drug-likeness (QED) is 0.0314. The number of carboxylic acids is 1. The monoisotopic (exact) mass is 1030 g/mol. The van der Waals surface area contributed by atoms with Crippen molar-refractivity contribution in [1.29, 1.82) is 0 Å². The van der Waals surface area contributed by atoms with Crippen molar-refractivity contribution in [2.24, 2.45) is 23.7 Å². The maximum absolute atomic E-state index is 14.4. The summed E-state index contributed by atoms with van der Waals surface area (Å²) in [4.78, 5) is 131. The Labute approximate surface area is 418 Å². The number of hydrogen-bond donors (Lipinski definition) is 5. The summed E-state index contributed by atoms with van der Waals surface area (Å²) in [6.45, 7) is 10.5. The third-order valence-corrected chi connectivity index (χ3v) is 14.3. The number of Topliss-reactive ketones (excluding diaryl/α,β-unsaturated/α-hetero) is 1. The number of phosphoric acid groups is 1. The van der Waals surface area contributed by atoms with E-state index in [1.54, 1.807) is 18.0 Å². The molecule has 0 aliphatic carbocycles. The summed E-state index contributed by atoms with van der Waals surface area (Å²) >= 11 is 1.07. The summed E-state index contributed by atoms with van der Waals surface area (Å²) in [5, 5.41) is 17.1. The van der Waals surface area contributed by atoms with Crippen LogP contribution < -0.4 is 15.4 Å². The van der Waals surface area contributed by atoms with Crippen molar-refractivity contribution in [2.75, 3.05) is 39.3 Å². The third kappa shape index (κ3) is 17.7. The van der Waals surface area contributed by atoms with E-state index in [1.165, 1.54) is 31.4 Å². The van der Waals surface area contributed by atoms with Gasteiger partial charge in [0.2, 0.25) is 11.8 Å². The molecule has 4 rings (SSSR count). The summed E-state index contributed by atoms with van der Waals surface area (Å²) in [6, 6.07) is 2.87. The highest BCUT2D eigenvalue weighted by atomic mass is 32.1. The number of aromatic nitrogens is 1. The van der Waals surface area contributed by atoms with Gasteiger partial charge in [0.25, 0.3) is 17.7 Å². The molecule has 71 heavy (non-hydrogen) atoms. The molecular weight excluding hydrogens is 964 g/mol. The molecule has 3 heterocycles. The number of benzene rings is 1. The van der Waals surface area contributed by atoms with Crippen molar-refractivity contribution in [3.63, 3.8) is 0 Å². The molecule has 392 valence electrons. The number of esters is 1. The number of nitrogens with zero attached hydrogens (tertiary/aromatic N) is 4. The van der Waals surface area contributed by atoms with E-state index in [9.17, 15) is 48.0 Å². The molecule has 0 spiro atoms. The van der Waals surface area contributed by atoms with Crippen molar-refractivity contribution in [3.05, 3.63) is 52.0 Å².